The molecule has 1 unspecified atom stereocenters. The van der Waals surface area contributed by atoms with E-state index in [1.165, 1.54) is 23.5 Å². The van der Waals surface area contributed by atoms with Crippen molar-refractivity contribution in [2.75, 3.05) is 0 Å². The Morgan fingerprint density at radius 1 is 1.37 bits per heavy atom. The Bertz CT molecular complexity index is 596. The molecule has 0 saturated heterocycles. The van der Waals surface area contributed by atoms with Crippen molar-refractivity contribution in [2.24, 2.45) is 0 Å². The first-order chi connectivity index (χ1) is 9.08. The van der Waals surface area contributed by atoms with E-state index in [0.717, 1.165) is 5.01 Å². The summed E-state index contributed by atoms with van der Waals surface area (Å²) in [6.07, 6.45) is 1.67. The zero-order valence-corrected chi connectivity index (χ0v) is 11.0. The third-order valence-corrected chi connectivity index (χ3v) is 3.50. The highest BCUT2D eigenvalue weighted by molar-refractivity contribution is 7.09. The van der Waals surface area contributed by atoms with Gasteiger partial charge in [-0.3, -0.25) is 4.79 Å². The topological polar surface area (TPSA) is 79.3 Å². The zero-order valence-electron chi connectivity index (χ0n) is 10.2. The highest BCUT2D eigenvalue weighted by Crippen LogP contribution is 2.15. The van der Waals surface area contributed by atoms with Crippen LogP contribution in [0.15, 0.2) is 35.8 Å². The van der Waals surface area contributed by atoms with Crippen molar-refractivity contribution in [3.05, 3.63) is 52.0 Å². The second-order valence-corrected chi connectivity index (χ2v) is 4.88. The molecule has 2 N–H and O–H groups in total. The van der Waals surface area contributed by atoms with Crippen LogP contribution >= 0.6 is 11.3 Å². The lowest BCUT2D eigenvalue weighted by Crippen LogP contribution is -2.26. The maximum atomic E-state index is 12.0. The fourth-order valence-corrected chi connectivity index (χ4v) is 2.23. The van der Waals surface area contributed by atoms with Crippen LogP contribution in [-0.4, -0.2) is 22.0 Å². The van der Waals surface area contributed by atoms with E-state index in [9.17, 15) is 9.59 Å². The maximum Gasteiger partial charge on any atom is 0.335 e. The van der Waals surface area contributed by atoms with Crippen LogP contribution in [0.3, 0.4) is 0 Å². The molecule has 0 fully saturated rings. The largest absolute Gasteiger partial charge is 0.478 e. The summed E-state index contributed by atoms with van der Waals surface area (Å²) >= 11 is 1.46. The molecule has 0 aliphatic heterocycles. The van der Waals surface area contributed by atoms with Crippen molar-refractivity contribution in [3.8, 4) is 0 Å². The molecular formula is C13H12N2O3S. The molecule has 19 heavy (non-hydrogen) atoms. The number of carboxylic acid groups (broad SMARTS) is 1. The van der Waals surface area contributed by atoms with Gasteiger partial charge >= 0.3 is 5.97 Å². The zero-order chi connectivity index (χ0) is 13.8. The first-order valence-corrected chi connectivity index (χ1v) is 6.49. The smallest absolute Gasteiger partial charge is 0.335 e. The number of amides is 1. The van der Waals surface area contributed by atoms with E-state index in [2.05, 4.69) is 10.3 Å². The highest BCUT2D eigenvalue weighted by Gasteiger charge is 2.14. The van der Waals surface area contributed by atoms with Gasteiger partial charge in [0.1, 0.15) is 5.01 Å². The number of nitrogens with one attached hydrogen (secondary N) is 1. The lowest BCUT2D eigenvalue weighted by atomic mass is 10.1. The summed E-state index contributed by atoms with van der Waals surface area (Å²) in [4.78, 5) is 27.0. The van der Waals surface area contributed by atoms with Crippen LogP contribution in [0.5, 0.6) is 0 Å². The number of carbonyl (C=O) groups excluding carboxylic acids is 1. The maximum absolute atomic E-state index is 12.0. The molecule has 0 aliphatic carbocycles. The minimum Gasteiger partial charge on any atom is -0.478 e. The van der Waals surface area contributed by atoms with Gasteiger partial charge < -0.3 is 10.4 Å². The molecule has 0 saturated carbocycles. The van der Waals surface area contributed by atoms with Gasteiger partial charge in [0.2, 0.25) is 0 Å². The van der Waals surface area contributed by atoms with Crippen LogP contribution in [-0.2, 0) is 0 Å². The summed E-state index contributed by atoms with van der Waals surface area (Å²) < 4.78 is 0. The fourth-order valence-electron chi connectivity index (χ4n) is 1.58. The van der Waals surface area contributed by atoms with E-state index in [0.29, 0.717) is 5.56 Å². The van der Waals surface area contributed by atoms with E-state index < -0.39 is 5.97 Å². The van der Waals surface area contributed by atoms with E-state index in [-0.39, 0.29) is 17.5 Å². The van der Waals surface area contributed by atoms with E-state index in [1.807, 2.05) is 12.3 Å². The molecule has 1 aromatic heterocycles. The predicted molar refractivity (Wildman–Crippen MR) is 71.4 cm³/mol. The van der Waals surface area contributed by atoms with Crippen molar-refractivity contribution < 1.29 is 14.7 Å². The van der Waals surface area contributed by atoms with Crippen molar-refractivity contribution >= 4 is 23.2 Å². The van der Waals surface area contributed by atoms with Crippen molar-refractivity contribution in [1.82, 2.24) is 10.3 Å². The summed E-state index contributed by atoms with van der Waals surface area (Å²) in [5.41, 5.74) is 0.415. The molecule has 98 valence electrons. The van der Waals surface area contributed by atoms with Crippen LogP contribution in [0.25, 0.3) is 0 Å². The molecule has 2 aromatic rings. The van der Waals surface area contributed by atoms with Crippen molar-refractivity contribution in [1.29, 1.82) is 0 Å². The number of carbonyl (C=O) groups is 2. The minimum atomic E-state index is -1.05. The average molecular weight is 276 g/mol. The summed E-state index contributed by atoms with van der Waals surface area (Å²) in [7, 11) is 0. The monoisotopic (exact) mass is 276 g/mol. The molecule has 6 heteroatoms. The lowest BCUT2D eigenvalue weighted by molar-refractivity contribution is 0.0697. The number of carboxylic acids is 1. The number of rotatable bonds is 4. The first kappa shape index (κ1) is 13.2. The SMILES string of the molecule is CC(NC(=O)c1cccc(C(=O)O)c1)c1nccs1. The van der Waals surface area contributed by atoms with Gasteiger partial charge in [-0.2, -0.15) is 0 Å². The fraction of sp³-hybridized carbons (Fsp3) is 0.154. The third kappa shape index (κ3) is 3.17. The Labute approximate surface area is 113 Å². The normalized spacial score (nSPS) is 11.8. The van der Waals surface area contributed by atoms with Crippen LogP contribution in [0.1, 0.15) is 38.7 Å². The van der Waals surface area contributed by atoms with Gasteiger partial charge in [-0.15, -0.1) is 11.3 Å². The van der Waals surface area contributed by atoms with Crippen LogP contribution in [0.4, 0.5) is 0 Å². The molecule has 0 radical (unpaired) electrons. The molecule has 2 rings (SSSR count). The predicted octanol–water partition coefficient (Wildman–Crippen LogP) is 2.33. The summed E-state index contributed by atoms with van der Waals surface area (Å²) in [6, 6.07) is 5.72. The molecule has 1 amide bonds. The molecule has 1 atom stereocenters. The molecule has 0 aliphatic rings. The Morgan fingerprint density at radius 2 is 2.11 bits per heavy atom. The van der Waals surface area contributed by atoms with Crippen molar-refractivity contribution in [2.45, 2.75) is 13.0 Å². The van der Waals surface area contributed by atoms with Crippen LogP contribution < -0.4 is 5.32 Å². The third-order valence-electron chi connectivity index (χ3n) is 2.54. The lowest BCUT2D eigenvalue weighted by Gasteiger charge is -2.11. The molecule has 1 heterocycles. The Morgan fingerprint density at radius 3 is 2.74 bits per heavy atom. The average Bonchev–Trinajstić information content (AvgIpc) is 2.92. The standard InChI is InChI=1S/C13H12N2O3S/c1-8(12-14-5-6-19-12)15-11(16)9-3-2-4-10(7-9)13(17)18/h2-8H,1H3,(H,15,16)(H,17,18). The molecule has 0 spiro atoms. The molecule has 5 nitrogen and oxygen atoms in total. The summed E-state index contributed by atoms with van der Waals surface area (Å²) in [6.45, 7) is 1.83. The molecule has 1 aromatic carbocycles. The number of aromatic carboxylic acids is 1. The van der Waals surface area contributed by atoms with Gasteiger partial charge in [0.15, 0.2) is 0 Å². The van der Waals surface area contributed by atoms with Crippen LogP contribution in [0, 0.1) is 0 Å². The van der Waals surface area contributed by atoms with E-state index in [1.54, 1.807) is 18.3 Å². The number of thiazole rings is 1. The van der Waals surface area contributed by atoms with Gasteiger partial charge in [-0.25, -0.2) is 9.78 Å². The van der Waals surface area contributed by atoms with Crippen molar-refractivity contribution in [3.63, 3.8) is 0 Å². The number of hydrogen-bond acceptors (Lipinski definition) is 4. The van der Waals surface area contributed by atoms with Gasteiger partial charge in [-0.05, 0) is 25.1 Å². The second-order valence-electron chi connectivity index (χ2n) is 3.95. The Kier molecular flexibility index (Phi) is 3.91. The number of hydrogen-bond donors (Lipinski definition) is 2. The number of benzene rings is 1. The number of aromatic nitrogens is 1. The van der Waals surface area contributed by atoms with Gasteiger partial charge in [-0.1, -0.05) is 6.07 Å². The van der Waals surface area contributed by atoms with E-state index in [4.69, 9.17) is 5.11 Å². The van der Waals surface area contributed by atoms with Gasteiger partial charge in [0.05, 0.1) is 11.6 Å². The quantitative estimate of drug-likeness (QED) is 0.898. The Hall–Kier alpha value is -2.21. The van der Waals surface area contributed by atoms with Crippen LogP contribution in [0.2, 0.25) is 0 Å². The first-order valence-electron chi connectivity index (χ1n) is 5.61. The summed E-state index contributed by atoms with van der Waals surface area (Å²) in [5.74, 6) is -1.37. The van der Waals surface area contributed by atoms with E-state index >= 15 is 0 Å². The van der Waals surface area contributed by atoms with Gasteiger partial charge in [0, 0.05) is 17.1 Å². The highest BCUT2D eigenvalue weighted by atomic mass is 32.1. The Balaban J connectivity index is 2.12. The minimum absolute atomic E-state index is 0.0922. The molecular weight excluding hydrogens is 264 g/mol. The van der Waals surface area contributed by atoms with Gasteiger partial charge in [0.25, 0.3) is 5.91 Å². The second kappa shape index (κ2) is 5.62. The summed E-state index contributed by atoms with van der Waals surface area (Å²) in [5, 5.41) is 14.3. The number of nitrogens with zero attached hydrogens (tertiary/aromatic N) is 1. The molecule has 0 bridgehead atoms.